The van der Waals surface area contributed by atoms with Gasteiger partial charge in [0.15, 0.2) is 0 Å². The quantitative estimate of drug-likeness (QED) is 0.315. The van der Waals surface area contributed by atoms with Crippen LogP contribution in [0.1, 0.15) is 36.5 Å². The van der Waals surface area contributed by atoms with Crippen molar-refractivity contribution >= 4 is 23.3 Å². The van der Waals surface area contributed by atoms with Crippen molar-refractivity contribution in [3.63, 3.8) is 0 Å². The summed E-state index contributed by atoms with van der Waals surface area (Å²) in [5.74, 6) is -1.55. The summed E-state index contributed by atoms with van der Waals surface area (Å²) in [5, 5.41) is 25.6. The van der Waals surface area contributed by atoms with Crippen LogP contribution in [0.4, 0.5) is 11.4 Å². The highest BCUT2D eigenvalue weighted by molar-refractivity contribution is 5.96. The summed E-state index contributed by atoms with van der Waals surface area (Å²) >= 11 is 0. The van der Waals surface area contributed by atoms with Crippen molar-refractivity contribution in [2.75, 3.05) is 25.6 Å². The van der Waals surface area contributed by atoms with E-state index in [1.54, 1.807) is 0 Å². The first-order chi connectivity index (χ1) is 11.9. The van der Waals surface area contributed by atoms with Crippen LogP contribution in [-0.4, -0.2) is 48.2 Å². The van der Waals surface area contributed by atoms with Crippen molar-refractivity contribution in [3.8, 4) is 0 Å². The second kappa shape index (κ2) is 10.2. The molecule has 0 aliphatic rings. The van der Waals surface area contributed by atoms with Crippen molar-refractivity contribution < 1.29 is 24.4 Å². The standard InChI is InChI=1S/C16H23N3O6/c1-3-4-12(10-15(20)21)18-16(22)11-5-6-13(17-7-8-25-2)14(9-11)19(23)24/h5-6,9,12,17H,3-4,7-8,10H2,1-2H3,(H,18,22)(H,20,21)/t12-/m0/s1. The van der Waals surface area contributed by atoms with E-state index in [-0.39, 0.29) is 23.4 Å². The van der Waals surface area contributed by atoms with Gasteiger partial charge in [-0.15, -0.1) is 0 Å². The number of carboxylic acids is 1. The first kappa shape index (κ1) is 20.4. The summed E-state index contributed by atoms with van der Waals surface area (Å²) < 4.78 is 4.88. The number of carboxylic acid groups (broad SMARTS) is 1. The number of aliphatic carboxylic acids is 1. The van der Waals surface area contributed by atoms with E-state index >= 15 is 0 Å². The molecular formula is C16H23N3O6. The Morgan fingerprint density at radius 3 is 2.68 bits per heavy atom. The molecule has 0 fully saturated rings. The molecular weight excluding hydrogens is 330 g/mol. The molecule has 0 radical (unpaired) electrons. The number of carbonyl (C=O) groups excluding carboxylic acids is 1. The fourth-order valence-electron chi connectivity index (χ4n) is 2.31. The molecule has 9 heteroatoms. The third kappa shape index (κ3) is 6.76. The molecule has 1 aromatic carbocycles. The number of methoxy groups -OCH3 is 1. The molecule has 1 amide bonds. The van der Waals surface area contributed by atoms with Gasteiger partial charge in [-0.05, 0) is 18.6 Å². The zero-order valence-electron chi connectivity index (χ0n) is 14.3. The highest BCUT2D eigenvalue weighted by atomic mass is 16.6. The smallest absolute Gasteiger partial charge is 0.305 e. The first-order valence-corrected chi connectivity index (χ1v) is 7.92. The van der Waals surface area contributed by atoms with Crippen LogP contribution in [0.5, 0.6) is 0 Å². The molecule has 0 heterocycles. The monoisotopic (exact) mass is 353 g/mol. The minimum Gasteiger partial charge on any atom is -0.481 e. The predicted octanol–water partition coefficient (Wildman–Crippen LogP) is 2.03. The number of nitrogens with one attached hydrogen (secondary N) is 2. The Hall–Kier alpha value is -2.68. The number of hydrogen-bond donors (Lipinski definition) is 3. The fraction of sp³-hybridized carbons (Fsp3) is 0.500. The summed E-state index contributed by atoms with van der Waals surface area (Å²) in [5.41, 5.74) is 0.166. The summed E-state index contributed by atoms with van der Waals surface area (Å²) in [6.07, 6.45) is 1.02. The number of hydrogen-bond acceptors (Lipinski definition) is 6. The van der Waals surface area contributed by atoms with Crippen molar-refractivity contribution in [2.24, 2.45) is 0 Å². The summed E-state index contributed by atoms with van der Waals surface area (Å²) in [7, 11) is 1.52. The molecule has 1 aromatic rings. The maximum atomic E-state index is 12.3. The second-order valence-electron chi connectivity index (χ2n) is 5.47. The van der Waals surface area contributed by atoms with Crippen molar-refractivity contribution in [2.45, 2.75) is 32.2 Å². The topological polar surface area (TPSA) is 131 Å². The van der Waals surface area contributed by atoms with E-state index in [9.17, 15) is 19.7 Å². The van der Waals surface area contributed by atoms with Crippen LogP contribution in [-0.2, 0) is 9.53 Å². The van der Waals surface area contributed by atoms with Gasteiger partial charge in [0, 0.05) is 31.3 Å². The van der Waals surface area contributed by atoms with Gasteiger partial charge in [0.2, 0.25) is 0 Å². The third-order valence-corrected chi connectivity index (χ3v) is 3.47. The average Bonchev–Trinajstić information content (AvgIpc) is 2.54. The zero-order valence-corrected chi connectivity index (χ0v) is 14.3. The van der Waals surface area contributed by atoms with Gasteiger partial charge in [-0.25, -0.2) is 0 Å². The van der Waals surface area contributed by atoms with Crippen LogP contribution in [0.3, 0.4) is 0 Å². The number of benzene rings is 1. The molecule has 25 heavy (non-hydrogen) atoms. The number of nitro groups is 1. The predicted molar refractivity (Wildman–Crippen MR) is 91.9 cm³/mol. The SMILES string of the molecule is CCC[C@@H](CC(=O)O)NC(=O)c1ccc(NCCOC)c([N+](=O)[O-])c1. The van der Waals surface area contributed by atoms with Crippen LogP contribution in [0.25, 0.3) is 0 Å². The van der Waals surface area contributed by atoms with Crippen LogP contribution in [0.2, 0.25) is 0 Å². The minimum atomic E-state index is -1.01. The molecule has 138 valence electrons. The van der Waals surface area contributed by atoms with E-state index in [1.165, 1.54) is 25.3 Å². The number of anilines is 1. The van der Waals surface area contributed by atoms with Gasteiger partial charge in [0.25, 0.3) is 11.6 Å². The first-order valence-electron chi connectivity index (χ1n) is 7.92. The van der Waals surface area contributed by atoms with Gasteiger partial charge in [0.05, 0.1) is 18.0 Å². The third-order valence-electron chi connectivity index (χ3n) is 3.47. The molecule has 1 rings (SSSR count). The summed E-state index contributed by atoms with van der Waals surface area (Å²) in [6, 6.07) is 3.57. The van der Waals surface area contributed by atoms with E-state index in [0.717, 1.165) is 0 Å². The van der Waals surface area contributed by atoms with E-state index in [1.807, 2.05) is 6.92 Å². The Kier molecular flexibility index (Phi) is 8.34. The molecule has 3 N–H and O–H groups in total. The van der Waals surface area contributed by atoms with Gasteiger partial charge >= 0.3 is 5.97 Å². The minimum absolute atomic E-state index is 0.107. The van der Waals surface area contributed by atoms with Gasteiger partial charge in [-0.2, -0.15) is 0 Å². The zero-order chi connectivity index (χ0) is 18.8. The van der Waals surface area contributed by atoms with Gasteiger partial charge in [-0.1, -0.05) is 13.3 Å². The maximum Gasteiger partial charge on any atom is 0.305 e. The molecule has 9 nitrogen and oxygen atoms in total. The number of nitro benzene ring substituents is 1. The molecule has 0 bridgehead atoms. The number of nitrogens with zero attached hydrogens (tertiary/aromatic N) is 1. The lowest BCUT2D eigenvalue weighted by Gasteiger charge is -2.16. The number of rotatable bonds is 11. The van der Waals surface area contributed by atoms with E-state index in [4.69, 9.17) is 9.84 Å². The highest BCUT2D eigenvalue weighted by Crippen LogP contribution is 2.25. The van der Waals surface area contributed by atoms with Crippen molar-refractivity contribution in [1.82, 2.24) is 5.32 Å². The molecule has 0 unspecified atom stereocenters. The van der Waals surface area contributed by atoms with Crippen LogP contribution < -0.4 is 10.6 Å². The second-order valence-corrected chi connectivity index (χ2v) is 5.47. The Morgan fingerprint density at radius 1 is 1.40 bits per heavy atom. The molecule has 0 aliphatic heterocycles. The van der Waals surface area contributed by atoms with Crippen LogP contribution in [0.15, 0.2) is 18.2 Å². The van der Waals surface area contributed by atoms with Crippen molar-refractivity contribution in [3.05, 3.63) is 33.9 Å². The maximum absolute atomic E-state index is 12.3. The van der Waals surface area contributed by atoms with E-state index in [0.29, 0.717) is 26.0 Å². The lowest BCUT2D eigenvalue weighted by Crippen LogP contribution is -2.36. The highest BCUT2D eigenvalue weighted by Gasteiger charge is 2.20. The summed E-state index contributed by atoms with van der Waals surface area (Å²) in [6.45, 7) is 2.65. The molecule has 0 saturated carbocycles. The number of carbonyl (C=O) groups is 2. The summed E-state index contributed by atoms with van der Waals surface area (Å²) in [4.78, 5) is 33.8. The molecule has 0 aromatic heterocycles. The van der Waals surface area contributed by atoms with Crippen LogP contribution in [0, 0.1) is 10.1 Å². The lowest BCUT2D eigenvalue weighted by atomic mass is 10.1. The van der Waals surface area contributed by atoms with Gasteiger partial charge < -0.3 is 20.5 Å². The fourth-order valence-corrected chi connectivity index (χ4v) is 2.31. The lowest BCUT2D eigenvalue weighted by molar-refractivity contribution is -0.384. The number of ether oxygens (including phenoxy) is 1. The van der Waals surface area contributed by atoms with Crippen molar-refractivity contribution in [1.29, 1.82) is 0 Å². The van der Waals surface area contributed by atoms with Gasteiger partial charge in [0.1, 0.15) is 5.69 Å². The van der Waals surface area contributed by atoms with Gasteiger partial charge in [-0.3, -0.25) is 19.7 Å². The largest absolute Gasteiger partial charge is 0.481 e. The molecule has 1 atom stereocenters. The Balaban J connectivity index is 2.92. The number of amides is 1. The molecule has 0 saturated heterocycles. The van der Waals surface area contributed by atoms with E-state index in [2.05, 4.69) is 10.6 Å². The Bertz CT molecular complexity index is 620. The average molecular weight is 353 g/mol. The Labute approximate surface area is 145 Å². The molecule has 0 spiro atoms. The Morgan fingerprint density at radius 2 is 2.12 bits per heavy atom. The molecule has 0 aliphatic carbocycles. The van der Waals surface area contributed by atoms with Crippen LogP contribution >= 0.6 is 0 Å². The normalized spacial score (nSPS) is 11.6. The van der Waals surface area contributed by atoms with E-state index < -0.39 is 22.8 Å².